The Kier molecular flexibility index (Phi) is 5.73. The molecule has 1 aliphatic rings. The Bertz CT molecular complexity index is 198. The minimum Gasteiger partial charge on any atom is -0.396 e. The van der Waals surface area contributed by atoms with E-state index in [-0.39, 0.29) is 6.61 Å². The largest absolute Gasteiger partial charge is 0.396 e. The van der Waals surface area contributed by atoms with Gasteiger partial charge in [0.25, 0.3) is 0 Å². The molecule has 0 saturated carbocycles. The van der Waals surface area contributed by atoms with Gasteiger partial charge in [0.1, 0.15) is 0 Å². The maximum atomic E-state index is 9.12. The lowest BCUT2D eigenvalue weighted by Gasteiger charge is -2.39. The van der Waals surface area contributed by atoms with Gasteiger partial charge in [-0.05, 0) is 45.7 Å². The Morgan fingerprint density at radius 3 is 2.62 bits per heavy atom. The summed E-state index contributed by atoms with van der Waals surface area (Å²) < 4.78 is 0. The van der Waals surface area contributed by atoms with Gasteiger partial charge in [0.15, 0.2) is 0 Å². The lowest BCUT2D eigenvalue weighted by Crippen LogP contribution is -2.50. The number of aliphatic hydroxyl groups excluding tert-OH is 1. The zero-order chi connectivity index (χ0) is 12.1. The van der Waals surface area contributed by atoms with E-state index in [4.69, 9.17) is 5.11 Å². The van der Waals surface area contributed by atoms with E-state index in [1.54, 1.807) is 0 Å². The standard InChI is InChI=1S/C13H28N2O/c1-5-15-7-6-13(8-11(15)3)14-12(4)10(2)9-16/h10-14,16H,5-9H2,1-4H3. The molecule has 1 rings (SSSR count). The van der Waals surface area contributed by atoms with Crippen LogP contribution >= 0.6 is 0 Å². The van der Waals surface area contributed by atoms with Crippen LogP contribution in [-0.2, 0) is 0 Å². The molecule has 0 amide bonds. The third-order valence-electron chi connectivity index (χ3n) is 4.06. The summed E-state index contributed by atoms with van der Waals surface area (Å²) in [6.45, 7) is 11.5. The van der Waals surface area contributed by atoms with Gasteiger partial charge in [0.2, 0.25) is 0 Å². The van der Waals surface area contributed by atoms with Gasteiger partial charge >= 0.3 is 0 Å². The first-order valence-electron chi connectivity index (χ1n) is 6.69. The fourth-order valence-electron chi connectivity index (χ4n) is 2.54. The number of piperidine rings is 1. The molecule has 0 bridgehead atoms. The van der Waals surface area contributed by atoms with E-state index in [2.05, 4.69) is 37.9 Å². The predicted octanol–water partition coefficient (Wildman–Crippen LogP) is 1.47. The molecule has 0 aromatic carbocycles. The first-order chi connectivity index (χ1) is 7.58. The van der Waals surface area contributed by atoms with Crippen LogP contribution in [0.15, 0.2) is 0 Å². The van der Waals surface area contributed by atoms with Crippen LogP contribution in [0.2, 0.25) is 0 Å². The molecule has 1 aliphatic heterocycles. The summed E-state index contributed by atoms with van der Waals surface area (Å²) >= 11 is 0. The molecule has 3 nitrogen and oxygen atoms in total. The average molecular weight is 228 g/mol. The number of hydrogen-bond donors (Lipinski definition) is 2. The van der Waals surface area contributed by atoms with E-state index >= 15 is 0 Å². The molecule has 4 unspecified atom stereocenters. The van der Waals surface area contributed by atoms with Crippen molar-refractivity contribution >= 4 is 0 Å². The summed E-state index contributed by atoms with van der Waals surface area (Å²) in [6.07, 6.45) is 2.47. The molecule has 16 heavy (non-hydrogen) atoms. The molecule has 0 aromatic rings. The van der Waals surface area contributed by atoms with E-state index in [1.807, 2.05) is 0 Å². The number of nitrogens with one attached hydrogen (secondary N) is 1. The van der Waals surface area contributed by atoms with Crippen LogP contribution in [0.5, 0.6) is 0 Å². The molecule has 1 saturated heterocycles. The lowest BCUT2D eigenvalue weighted by atomic mass is 9.95. The van der Waals surface area contributed by atoms with Gasteiger partial charge in [-0.3, -0.25) is 0 Å². The van der Waals surface area contributed by atoms with Crippen molar-refractivity contribution in [2.24, 2.45) is 5.92 Å². The zero-order valence-electron chi connectivity index (χ0n) is 11.2. The molecule has 0 radical (unpaired) electrons. The average Bonchev–Trinajstić information content (AvgIpc) is 2.28. The molecule has 1 fully saturated rings. The van der Waals surface area contributed by atoms with Crippen molar-refractivity contribution in [1.29, 1.82) is 0 Å². The fraction of sp³-hybridized carbons (Fsp3) is 1.00. The van der Waals surface area contributed by atoms with Gasteiger partial charge in [-0.15, -0.1) is 0 Å². The van der Waals surface area contributed by atoms with Gasteiger partial charge in [0, 0.05) is 24.7 Å². The second-order valence-electron chi connectivity index (χ2n) is 5.31. The number of rotatable bonds is 5. The number of nitrogens with zero attached hydrogens (tertiary/aromatic N) is 1. The Hall–Kier alpha value is -0.120. The van der Waals surface area contributed by atoms with E-state index < -0.39 is 0 Å². The second kappa shape index (κ2) is 6.58. The van der Waals surface area contributed by atoms with E-state index in [0.29, 0.717) is 24.0 Å². The Morgan fingerprint density at radius 2 is 2.12 bits per heavy atom. The van der Waals surface area contributed by atoms with E-state index in [0.717, 1.165) is 6.54 Å². The van der Waals surface area contributed by atoms with Gasteiger partial charge in [-0.25, -0.2) is 0 Å². The lowest BCUT2D eigenvalue weighted by molar-refractivity contribution is 0.128. The van der Waals surface area contributed by atoms with Crippen LogP contribution in [0.4, 0.5) is 0 Å². The highest BCUT2D eigenvalue weighted by Gasteiger charge is 2.25. The molecular formula is C13H28N2O. The summed E-state index contributed by atoms with van der Waals surface area (Å²) in [6, 6.07) is 1.73. The Labute approximate surface area is 100 Å². The van der Waals surface area contributed by atoms with E-state index in [1.165, 1.54) is 19.4 Å². The highest BCUT2D eigenvalue weighted by Crippen LogP contribution is 2.18. The molecule has 0 spiro atoms. The first-order valence-corrected chi connectivity index (χ1v) is 6.69. The molecule has 3 heteroatoms. The highest BCUT2D eigenvalue weighted by atomic mass is 16.3. The minimum atomic E-state index is 0.275. The number of hydrogen-bond acceptors (Lipinski definition) is 3. The number of aliphatic hydroxyl groups is 1. The highest BCUT2D eigenvalue weighted by molar-refractivity contribution is 4.84. The summed E-state index contributed by atoms with van der Waals surface area (Å²) in [5.74, 6) is 0.347. The normalized spacial score (nSPS) is 31.3. The Balaban J connectivity index is 2.35. The van der Waals surface area contributed by atoms with Crippen LogP contribution in [0.25, 0.3) is 0 Å². The summed E-state index contributed by atoms with van der Waals surface area (Å²) in [4.78, 5) is 2.54. The van der Waals surface area contributed by atoms with Gasteiger partial charge < -0.3 is 15.3 Å². The molecule has 0 aromatic heterocycles. The molecule has 1 heterocycles. The summed E-state index contributed by atoms with van der Waals surface area (Å²) in [7, 11) is 0. The maximum absolute atomic E-state index is 9.12. The molecular weight excluding hydrogens is 200 g/mol. The summed E-state index contributed by atoms with van der Waals surface area (Å²) in [5.41, 5.74) is 0. The summed E-state index contributed by atoms with van der Waals surface area (Å²) in [5, 5.41) is 12.8. The van der Waals surface area contributed by atoms with Gasteiger partial charge in [-0.1, -0.05) is 13.8 Å². The van der Waals surface area contributed by atoms with Crippen molar-refractivity contribution in [3.05, 3.63) is 0 Å². The first kappa shape index (κ1) is 13.9. The van der Waals surface area contributed by atoms with Crippen molar-refractivity contribution in [2.75, 3.05) is 19.7 Å². The monoisotopic (exact) mass is 228 g/mol. The quantitative estimate of drug-likeness (QED) is 0.748. The van der Waals surface area contributed by atoms with Crippen molar-refractivity contribution in [2.45, 2.75) is 58.7 Å². The maximum Gasteiger partial charge on any atom is 0.0471 e. The molecule has 4 atom stereocenters. The Morgan fingerprint density at radius 1 is 1.44 bits per heavy atom. The topological polar surface area (TPSA) is 35.5 Å². The van der Waals surface area contributed by atoms with Crippen LogP contribution in [-0.4, -0.2) is 47.8 Å². The third kappa shape index (κ3) is 3.72. The number of likely N-dealkylation sites (tertiary alicyclic amines) is 1. The van der Waals surface area contributed by atoms with Crippen LogP contribution in [0, 0.1) is 5.92 Å². The molecule has 2 N–H and O–H groups in total. The van der Waals surface area contributed by atoms with Crippen molar-refractivity contribution in [3.63, 3.8) is 0 Å². The second-order valence-corrected chi connectivity index (χ2v) is 5.31. The van der Waals surface area contributed by atoms with Crippen LogP contribution < -0.4 is 5.32 Å². The van der Waals surface area contributed by atoms with Crippen LogP contribution in [0.3, 0.4) is 0 Å². The van der Waals surface area contributed by atoms with Crippen molar-refractivity contribution in [3.8, 4) is 0 Å². The fourth-order valence-corrected chi connectivity index (χ4v) is 2.54. The SMILES string of the molecule is CCN1CCC(NC(C)C(C)CO)CC1C. The van der Waals surface area contributed by atoms with Crippen LogP contribution in [0.1, 0.15) is 40.5 Å². The van der Waals surface area contributed by atoms with Gasteiger partial charge in [-0.2, -0.15) is 0 Å². The predicted molar refractivity (Wildman–Crippen MR) is 68.6 cm³/mol. The molecule has 0 aliphatic carbocycles. The van der Waals surface area contributed by atoms with Crippen molar-refractivity contribution < 1.29 is 5.11 Å². The minimum absolute atomic E-state index is 0.275. The van der Waals surface area contributed by atoms with E-state index in [9.17, 15) is 0 Å². The zero-order valence-corrected chi connectivity index (χ0v) is 11.2. The third-order valence-corrected chi connectivity index (χ3v) is 4.06. The smallest absolute Gasteiger partial charge is 0.0471 e. The van der Waals surface area contributed by atoms with Crippen molar-refractivity contribution in [1.82, 2.24) is 10.2 Å². The van der Waals surface area contributed by atoms with Gasteiger partial charge in [0.05, 0.1) is 0 Å². The molecule has 96 valence electrons.